The summed E-state index contributed by atoms with van der Waals surface area (Å²) < 4.78 is 35.7. The summed E-state index contributed by atoms with van der Waals surface area (Å²) in [5.74, 6) is -1.74. The molecule has 0 saturated carbocycles. The molecule has 1 rings (SSSR count). The van der Waals surface area contributed by atoms with Crippen LogP contribution >= 0.6 is 11.8 Å². The zero-order valence-corrected chi connectivity index (χ0v) is 7.37. The highest BCUT2D eigenvalue weighted by Gasteiger charge is 2.44. The summed E-state index contributed by atoms with van der Waals surface area (Å²) in [5, 5.41) is -1.21. The van der Waals surface area contributed by atoms with Crippen LogP contribution in [0.2, 0.25) is 0 Å². The molecule has 0 spiro atoms. The summed E-state index contributed by atoms with van der Waals surface area (Å²) in [4.78, 5) is 21.4. The van der Waals surface area contributed by atoms with Crippen LogP contribution in [0, 0.1) is 0 Å². The van der Waals surface area contributed by atoms with Gasteiger partial charge in [0.05, 0.1) is 5.25 Å². The van der Waals surface area contributed by atoms with Crippen LogP contribution in [0.15, 0.2) is 0 Å². The quantitative estimate of drug-likeness (QED) is 0.661. The Balaban J connectivity index is 2.62. The van der Waals surface area contributed by atoms with Crippen LogP contribution in [-0.2, 0) is 9.59 Å². The molecular formula is C7H7F3O2S. The molecular weight excluding hydrogens is 205 g/mol. The lowest BCUT2D eigenvalue weighted by atomic mass is 10.1. The third kappa shape index (κ3) is 2.72. The van der Waals surface area contributed by atoms with Gasteiger partial charge in [0.25, 0.3) is 0 Å². The fourth-order valence-corrected chi connectivity index (χ4v) is 2.25. The summed E-state index contributed by atoms with van der Waals surface area (Å²) in [5.41, 5.74) is 0. The lowest BCUT2D eigenvalue weighted by molar-refractivity contribution is -0.170. The van der Waals surface area contributed by atoms with E-state index in [1.165, 1.54) is 0 Å². The second-order valence-corrected chi connectivity index (χ2v) is 4.02. The average Bonchev–Trinajstić information content (AvgIpc) is 2.01. The van der Waals surface area contributed by atoms with Crippen molar-refractivity contribution in [1.29, 1.82) is 0 Å². The molecule has 0 aromatic carbocycles. The minimum atomic E-state index is -4.81. The lowest BCUT2D eigenvalue weighted by Gasteiger charge is -2.19. The van der Waals surface area contributed by atoms with Crippen molar-refractivity contribution in [3.63, 3.8) is 0 Å². The Hall–Kier alpha value is -0.520. The number of hydrogen-bond donors (Lipinski definition) is 0. The number of halogens is 3. The molecule has 0 aromatic rings. The minimum Gasteiger partial charge on any atom is -0.300 e. The molecule has 1 unspecified atom stereocenters. The first-order valence-electron chi connectivity index (χ1n) is 3.65. The molecule has 1 fully saturated rings. The van der Waals surface area contributed by atoms with E-state index in [0.717, 1.165) is 11.8 Å². The van der Waals surface area contributed by atoms with Gasteiger partial charge in [-0.3, -0.25) is 9.59 Å². The molecule has 1 aliphatic rings. The van der Waals surface area contributed by atoms with Crippen molar-refractivity contribution in [2.24, 2.45) is 0 Å². The number of Topliss-reactive ketones (excluding diaryl/α,β-unsaturated/α-hetero) is 2. The molecule has 1 heterocycles. The Kier molecular flexibility index (Phi) is 3.00. The number of carbonyl (C=O) groups is 2. The molecule has 74 valence electrons. The van der Waals surface area contributed by atoms with E-state index in [1.807, 2.05) is 0 Å². The van der Waals surface area contributed by atoms with E-state index >= 15 is 0 Å². The first-order chi connectivity index (χ1) is 5.91. The van der Waals surface area contributed by atoms with E-state index in [4.69, 9.17) is 0 Å². The third-order valence-electron chi connectivity index (χ3n) is 1.68. The van der Waals surface area contributed by atoms with Crippen molar-refractivity contribution in [1.82, 2.24) is 0 Å². The Labute approximate surface area is 76.9 Å². The van der Waals surface area contributed by atoms with Gasteiger partial charge in [-0.2, -0.15) is 13.2 Å². The zero-order chi connectivity index (χ0) is 10.1. The topological polar surface area (TPSA) is 34.1 Å². The van der Waals surface area contributed by atoms with Gasteiger partial charge in [-0.05, 0) is 0 Å². The van der Waals surface area contributed by atoms with E-state index in [9.17, 15) is 22.8 Å². The lowest BCUT2D eigenvalue weighted by Crippen LogP contribution is -2.36. The van der Waals surface area contributed by atoms with E-state index < -0.39 is 17.2 Å². The molecule has 1 atom stereocenters. The number of carbonyl (C=O) groups excluding carboxylic acids is 2. The van der Waals surface area contributed by atoms with Gasteiger partial charge in [0.15, 0.2) is 0 Å². The normalized spacial score (nSPS) is 24.5. The van der Waals surface area contributed by atoms with Crippen LogP contribution in [0.3, 0.4) is 0 Å². The molecule has 0 amide bonds. The molecule has 0 aromatic heterocycles. The van der Waals surface area contributed by atoms with Gasteiger partial charge in [-0.25, -0.2) is 0 Å². The van der Waals surface area contributed by atoms with Crippen molar-refractivity contribution in [3.8, 4) is 0 Å². The van der Waals surface area contributed by atoms with Crippen LogP contribution in [0.4, 0.5) is 13.2 Å². The van der Waals surface area contributed by atoms with Gasteiger partial charge >= 0.3 is 6.18 Å². The van der Waals surface area contributed by atoms with Gasteiger partial charge in [0.1, 0.15) is 5.78 Å². The molecule has 2 nitrogen and oxygen atoms in total. The van der Waals surface area contributed by atoms with Gasteiger partial charge in [-0.1, -0.05) is 0 Å². The van der Waals surface area contributed by atoms with Gasteiger partial charge in [0.2, 0.25) is 5.78 Å². The Morgan fingerprint density at radius 3 is 2.54 bits per heavy atom. The molecule has 0 bridgehead atoms. The molecule has 0 N–H and O–H groups in total. The first kappa shape index (κ1) is 10.6. The molecule has 0 aliphatic carbocycles. The molecule has 13 heavy (non-hydrogen) atoms. The average molecular weight is 212 g/mol. The smallest absolute Gasteiger partial charge is 0.300 e. The highest BCUT2D eigenvalue weighted by molar-refractivity contribution is 8.00. The Bertz CT molecular complexity index is 236. The van der Waals surface area contributed by atoms with Crippen molar-refractivity contribution in [2.75, 3.05) is 5.75 Å². The fourth-order valence-electron chi connectivity index (χ4n) is 1.03. The van der Waals surface area contributed by atoms with E-state index in [1.54, 1.807) is 0 Å². The first-order valence-corrected chi connectivity index (χ1v) is 4.70. The predicted molar refractivity (Wildman–Crippen MR) is 41.5 cm³/mol. The number of ketones is 2. The highest BCUT2D eigenvalue weighted by Crippen LogP contribution is 2.30. The van der Waals surface area contributed by atoms with Crippen molar-refractivity contribution in [3.05, 3.63) is 0 Å². The van der Waals surface area contributed by atoms with E-state index in [0.29, 0.717) is 5.75 Å². The summed E-state index contributed by atoms with van der Waals surface area (Å²) in [6, 6.07) is 0. The van der Waals surface area contributed by atoms with Crippen LogP contribution in [0.25, 0.3) is 0 Å². The summed E-state index contributed by atoms with van der Waals surface area (Å²) in [6.45, 7) is 0. The van der Waals surface area contributed by atoms with Gasteiger partial charge < -0.3 is 0 Å². The number of alkyl halides is 3. The number of rotatable bonds is 1. The van der Waals surface area contributed by atoms with E-state index in [2.05, 4.69) is 0 Å². The SMILES string of the molecule is O=C1CCSC(C(=O)C(F)(F)F)C1. The maximum absolute atomic E-state index is 11.9. The zero-order valence-electron chi connectivity index (χ0n) is 6.56. The Morgan fingerprint density at radius 1 is 1.46 bits per heavy atom. The number of thioether (sulfide) groups is 1. The second-order valence-electron chi connectivity index (χ2n) is 2.71. The Morgan fingerprint density at radius 2 is 2.08 bits per heavy atom. The largest absolute Gasteiger partial charge is 0.451 e. The summed E-state index contributed by atoms with van der Waals surface area (Å²) in [7, 11) is 0. The van der Waals surface area contributed by atoms with Crippen molar-refractivity contribution < 1.29 is 22.8 Å². The molecule has 1 saturated heterocycles. The fraction of sp³-hybridized carbons (Fsp3) is 0.714. The molecule has 6 heteroatoms. The van der Waals surface area contributed by atoms with Crippen LogP contribution in [-0.4, -0.2) is 28.7 Å². The maximum atomic E-state index is 11.9. The number of hydrogen-bond acceptors (Lipinski definition) is 3. The molecule has 0 radical (unpaired) electrons. The van der Waals surface area contributed by atoms with Crippen molar-refractivity contribution >= 4 is 23.3 Å². The van der Waals surface area contributed by atoms with Gasteiger partial charge in [0, 0.05) is 18.6 Å². The van der Waals surface area contributed by atoms with Crippen molar-refractivity contribution in [2.45, 2.75) is 24.3 Å². The van der Waals surface area contributed by atoms with Gasteiger partial charge in [-0.15, -0.1) is 11.8 Å². The second kappa shape index (κ2) is 3.69. The van der Waals surface area contributed by atoms with Crippen LogP contribution < -0.4 is 0 Å². The summed E-state index contributed by atoms with van der Waals surface area (Å²) >= 11 is 0.912. The monoisotopic (exact) mass is 212 g/mol. The van der Waals surface area contributed by atoms with E-state index in [-0.39, 0.29) is 18.6 Å². The summed E-state index contributed by atoms with van der Waals surface area (Å²) in [6.07, 6.45) is -4.81. The molecule has 1 aliphatic heterocycles. The minimum absolute atomic E-state index is 0.263. The van der Waals surface area contributed by atoms with Crippen LogP contribution in [0.5, 0.6) is 0 Å². The van der Waals surface area contributed by atoms with Crippen LogP contribution in [0.1, 0.15) is 12.8 Å². The standard InChI is InChI=1S/C7H7F3O2S/c8-7(9,10)6(12)5-3-4(11)1-2-13-5/h5H,1-3H2. The highest BCUT2D eigenvalue weighted by atomic mass is 32.2. The maximum Gasteiger partial charge on any atom is 0.451 e. The predicted octanol–water partition coefficient (Wildman–Crippen LogP) is 1.58. The third-order valence-corrected chi connectivity index (χ3v) is 2.91.